The van der Waals surface area contributed by atoms with Gasteiger partial charge in [0.2, 0.25) is 12.0 Å². The number of hydrogen-bond acceptors (Lipinski definition) is 3. The molecular formula is C10H17N4OS+. The van der Waals surface area contributed by atoms with Crippen molar-refractivity contribution in [3.8, 4) is 0 Å². The van der Waals surface area contributed by atoms with Crippen LogP contribution in [0.15, 0.2) is 11.4 Å². The van der Waals surface area contributed by atoms with Gasteiger partial charge in [0.25, 0.3) is 0 Å². The summed E-state index contributed by atoms with van der Waals surface area (Å²) in [6.07, 6.45) is 1.96. The zero-order valence-corrected chi connectivity index (χ0v) is 10.6. The predicted molar refractivity (Wildman–Crippen MR) is 67.1 cm³/mol. The molecule has 16 heavy (non-hydrogen) atoms. The molecule has 0 aromatic heterocycles. The number of allylic oxidation sites excluding steroid dienone is 2. The minimum Gasteiger partial charge on any atom is -0.362 e. The maximum absolute atomic E-state index is 11.4. The van der Waals surface area contributed by atoms with Crippen molar-refractivity contribution in [2.45, 2.75) is 20.3 Å². The third-order valence-electron chi connectivity index (χ3n) is 2.32. The maximum Gasteiger partial charge on any atom is 0.224 e. The lowest BCUT2D eigenvalue weighted by molar-refractivity contribution is -0.440. The van der Waals surface area contributed by atoms with Crippen molar-refractivity contribution in [2.75, 3.05) is 13.6 Å². The average molecular weight is 241 g/mol. The quantitative estimate of drug-likeness (QED) is 0.366. The van der Waals surface area contributed by atoms with Crippen molar-refractivity contribution in [3.05, 3.63) is 11.4 Å². The summed E-state index contributed by atoms with van der Waals surface area (Å²) in [5.41, 5.74) is 7.65. The molecule has 0 saturated carbocycles. The molecule has 3 N–H and O–H groups in total. The minimum atomic E-state index is 0.0757. The highest BCUT2D eigenvalue weighted by molar-refractivity contribution is 7.80. The Bertz CT molecular complexity index is 373. The van der Waals surface area contributed by atoms with Crippen LogP contribution in [0.2, 0.25) is 0 Å². The molecule has 5 nitrogen and oxygen atoms in total. The van der Waals surface area contributed by atoms with E-state index in [2.05, 4.69) is 16.2 Å². The lowest BCUT2D eigenvalue weighted by Gasteiger charge is -2.15. The van der Waals surface area contributed by atoms with Gasteiger partial charge < -0.3 is 5.32 Å². The van der Waals surface area contributed by atoms with E-state index in [4.69, 9.17) is 12.2 Å². The Morgan fingerprint density at radius 1 is 1.62 bits per heavy atom. The number of Topliss-reactive ketones (excluding diaryl/α,β-unsaturated/α-hetero) is 1. The second-order valence-electron chi connectivity index (χ2n) is 3.56. The Morgan fingerprint density at radius 3 is 2.94 bits per heavy atom. The molecule has 0 amide bonds. The van der Waals surface area contributed by atoms with Crippen LogP contribution in [-0.4, -0.2) is 35.3 Å². The minimum absolute atomic E-state index is 0.0757. The topological polar surface area (TPSA) is 56.2 Å². The number of ketones is 1. The number of nitrogens with one attached hydrogen (secondary N) is 3. The molecule has 6 heteroatoms. The van der Waals surface area contributed by atoms with Crippen LogP contribution in [0.5, 0.6) is 0 Å². The molecule has 0 aliphatic carbocycles. The summed E-state index contributed by atoms with van der Waals surface area (Å²) in [6, 6.07) is 0. The van der Waals surface area contributed by atoms with Crippen molar-refractivity contribution in [1.82, 2.24) is 16.2 Å². The second-order valence-corrected chi connectivity index (χ2v) is 3.96. The van der Waals surface area contributed by atoms with Gasteiger partial charge >= 0.3 is 0 Å². The van der Waals surface area contributed by atoms with Crippen LogP contribution in [0.4, 0.5) is 0 Å². The summed E-state index contributed by atoms with van der Waals surface area (Å²) >= 11 is 5.01. The maximum atomic E-state index is 11.4. The number of carbonyl (C=O) groups excluding carboxylic acids is 1. The Morgan fingerprint density at radius 2 is 2.31 bits per heavy atom. The largest absolute Gasteiger partial charge is 0.362 e. The van der Waals surface area contributed by atoms with Crippen molar-refractivity contribution >= 4 is 29.3 Å². The molecule has 1 aliphatic heterocycles. The summed E-state index contributed by atoms with van der Waals surface area (Å²) in [7, 11) is 1.84. The fraction of sp³-hybridized carbons (Fsp3) is 0.500. The van der Waals surface area contributed by atoms with Gasteiger partial charge in [0.1, 0.15) is 12.7 Å². The third-order valence-corrected chi connectivity index (χ3v) is 2.57. The van der Waals surface area contributed by atoms with Crippen LogP contribution in [0, 0.1) is 0 Å². The molecule has 0 radical (unpaired) electrons. The highest BCUT2D eigenvalue weighted by Crippen LogP contribution is 2.09. The summed E-state index contributed by atoms with van der Waals surface area (Å²) < 4.78 is 1.80. The van der Waals surface area contributed by atoms with Crippen LogP contribution in [0.1, 0.15) is 20.3 Å². The molecule has 0 unspecified atom stereocenters. The monoisotopic (exact) mass is 241 g/mol. The molecule has 0 aromatic rings. The van der Waals surface area contributed by atoms with Gasteiger partial charge in [-0.2, -0.15) is 0 Å². The normalized spacial score (nSPS) is 15.7. The van der Waals surface area contributed by atoms with E-state index >= 15 is 0 Å². The Balaban J connectivity index is 2.60. The smallest absolute Gasteiger partial charge is 0.224 e. The second kappa shape index (κ2) is 5.60. The first kappa shape index (κ1) is 12.6. The fourth-order valence-corrected chi connectivity index (χ4v) is 1.54. The lowest BCUT2D eigenvalue weighted by Crippen LogP contribution is -2.45. The van der Waals surface area contributed by atoms with E-state index in [1.807, 2.05) is 20.9 Å². The van der Waals surface area contributed by atoms with E-state index in [9.17, 15) is 4.79 Å². The molecule has 0 bridgehead atoms. The number of rotatable bonds is 3. The zero-order valence-electron chi connectivity index (χ0n) is 9.76. The number of hydrazine groups is 1. The van der Waals surface area contributed by atoms with Crippen LogP contribution in [0.3, 0.4) is 0 Å². The first-order valence-corrected chi connectivity index (χ1v) is 5.55. The third kappa shape index (κ3) is 3.30. The van der Waals surface area contributed by atoms with Crippen molar-refractivity contribution in [3.63, 3.8) is 0 Å². The molecule has 1 heterocycles. The van der Waals surface area contributed by atoms with Gasteiger partial charge in [0.05, 0.1) is 6.42 Å². The molecule has 0 atom stereocenters. The molecule has 0 saturated heterocycles. The van der Waals surface area contributed by atoms with Gasteiger partial charge in [-0.15, -0.1) is 0 Å². The molecule has 0 aromatic carbocycles. The molecule has 0 spiro atoms. The number of hydrogen-bond donors (Lipinski definition) is 3. The highest BCUT2D eigenvalue weighted by atomic mass is 32.1. The average Bonchev–Trinajstić information content (AvgIpc) is 2.21. The van der Waals surface area contributed by atoms with Crippen LogP contribution in [-0.2, 0) is 4.79 Å². The zero-order chi connectivity index (χ0) is 12.1. The Kier molecular flexibility index (Phi) is 4.42. The predicted octanol–water partition coefficient (Wildman–Crippen LogP) is -0.108. The lowest BCUT2D eigenvalue weighted by atomic mass is 10.1. The van der Waals surface area contributed by atoms with Gasteiger partial charge in [-0.3, -0.25) is 15.6 Å². The first-order chi connectivity index (χ1) is 7.54. The van der Waals surface area contributed by atoms with Gasteiger partial charge in [-0.25, -0.2) is 4.58 Å². The van der Waals surface area contributed by atoms with Crippen molar-refractivity contribution in [1.29, 1.82) is 0 Å². The molecule has 88 valence electrons. The SMILES string of the molecule is CCNC(=S)NNC1=C(C)[N+](C)=CC(=O)C1. The number of nitrogens with zero attached hydrogens (tertiary/aromatic N) is 1. The van der Waals surface area contributed by atoms with Gasteiger partial charge in [-0.1, -0.05) is 0 Å². The number of thiocarbonyl (C=S) groups is 1. The van der Waals surface area contributed by atoms with Crippen LogP contribution in [0.25, 0.3) is 0 Å². The van der Waals surface area contributed by atoms with Gasteiger partial charge in [-0.05, 0) is 19.1 Å². The van der Waals surface area contributed by atoms with Crippen LogP contribution < -0.4 is 16.2 Å². The molecule has 1 rings (SSSR count). The standard InChI is InChI=1S/C10H16N4OS/c1-4-11-10(16)13-12-9-5-8(15)6-14(3)7(9)2/h6H,4-5H2,1-3H3,(H2,11,15,16)/p+1. The van der Waals surface area contributed by atoms with E-state index in [1.54, 1.807) is 10.8 Å². The van der Waals surface area contributed by atoms with E-state index in [0.29, 0.717) is 11.5 Å². The summed E-state index contributed by atoms with van der Waals surface area (Å²) in [4.78, 5) is 11.4. The molecule has 1 aliphatic rings. The van der Waals surface area contributed by atoms with Crippen molar-refractivity contribution < 1.29 is 9.37 Å². The van der Waals surface area contributed by atoms with Gasteiger partial charge in [0, 0.05) is 13.5 Å². The summed E-state index contributed by atoms with van der Waals surface area (Å²) in [5.74, 6) is 0.0757. The Labute approximate surface area is 101 Å². The van der Waals surface area contributed by atoms with E-state index in [0.717, 1.165) is 17.9 Å². The number of carbonyl (C=O) groups is 1. The van der Waals surface area contributed by atoms with Gasteiger partial charge in [0.15, 0.2) is 10.8 Å². The Hall–Kier alpha value is -1.43. The van der Waals surface area contributed by atoms with E-state index in [1.165, 1.54) is 0 Å². The van der Waals surface area contributed by atoms with E-state index < -0.39 is 0 Å². The van der Waals surface area contributed by atoms with E-state index in [-0.39, 0.29) is 5.78 Å². The summed E-state index contributed by atoms with van der Waals surface area (Å²) in [6.45, 7) is 4.67. The highest BCUT2D eigenvalue weighted by Gasteiger charge is 2.21. The van der Waals surface area contributed by atoms with Crippen molar-refractivity contribution in [2.24, 2.45) is 0 Å². The molecule has 0 fully saturated rings. The summed E-state index contributed by atoms with van der Waals surface area (Å²) in [5, 5.41) is 3.47. The van der Waals surface area contributed by atoms with Crippen LogP contribution >= 0.6 is 12.2 Å². The fourth-order valence-electron chi connectivity index (χ4n) is 1.35. The first-order valence-electron chi connectivity index (χ1n) is 5.14. The molecular weight excluding hydrogens is 224 g/mol.